The quantitative estimate of drug-likeness (QED) is 0.730. The zero-order chi connectivity index (χ0) is 17.1. The minimum absolute atomic E-state index is 0.137. The maximum absolute atomic E-state index is 12.1. The summed E-state index contributed by atoms with van der Waals surface area (Å²) in [7, 11) is 0. The Kier molecular flexibility index (Phi) is 5.50. The van der Waals surface area contributed by atoms with E-state index in [4.69, 9.17) is 34.8 Å². The number of hydrogen-bond donors (Lipinski definition) is 1. The molecule has 0 radical (unpaired) electrons. The molecule has 1 N–H and O–H groups in total. The highest BCUT2D eigenvalue weighted by molar-refractivity contribution is 6.42. The second kappa shape index (κ2) is 7.60. The summed E-state index contributed by atoms with van der Waals surface area (Å²) in [5.74, 6) is 0.314. The van der Waals surface area contributed by atoms with Crippen molar-refractivity contribution in [3.8, 4) is 0 Å². The van der Waals surface area contributed by atoms with Gasteiger partial charge in [0.2, 0.25) is 0 Å². The van der Waals surface area contributed by atoms with Crippen LogP contribution in [0.25, 0.3) is 0 Å². The van der Waals surface area contributed by atoms with E-state index in [9.17, 15) is 4.79 Å². The maximum Gasteiger partial charge on any atom is 0.158 e. The molecule has 0 spiro atoms. The predicted molar refractivity (Wildman–Crippen MR) is 99.8 cm³/mol. The van der Waals surface area contributed by atoms with Crippen LogP contribution in [0, 0.1) is 0 Å². The molecule has 0 saturated heterocycles. The van der Waals surface area contributed by atoms with Gasteiger partial charge in [0.1, 0.15) is 0 Å². The van der Waals surface area contributed by atoms with E-state index in [0.29, 0.717) is 28.0 Å². The standard InChI is InChI=1S/C19H16Cl3NO/c20-15-4-2-13(3-5-15)14-8-16(10-17(24)9-14)23-11-12-1-6-18(21)19(22)7-12/h1-7,10,14,23H,8-9,11H2/t14-/m0/s1. The number of hydrogen-bond acceptors (Lipinski definition) is 2. The van der Waals surface area contributed by atoms with Gasteiger partial charge in [-0.1, -0.05) is 53.0 Å². The van der Waals surface area contributed by atoms with Crippen molar-refractivity contribution in [2.75, 3.05) is 0 Å². The molecule has 0 unspecified atom stereocenters. The summed E-state index contributed by atoms with van der Waals surface area (Å²) in [5.41, 5.74) is 3.10. The summed E-state index contributed by atoms with van der Waals surface area (Å²) < 4.78 is 0. The van der Waals surface area contributed by atoms with Gasteiger partial charge >= 0.3 is 0 Å². The first kappa shape index (κ1) is 17.3. The summed E-state index contributed by atoms with van der Waals surface area (Å²) in [4.78, 5) is 12.1. The number of nitrogens with one attached hydrogen (secondary N) is 1. The number of carbonyl (C=O) groups excluding carboxylic acids is 1. The van der Waals surface area contributed by atoms with E-state index >= 15 is 0 Å². The molecule has 0 aromatic heterocycles. The molecule has 5 heteroatoms. The first-order chi connectivity index (χ1) is 11.5. The van der Waals surface area contributed by atoms with Gasteiger partial charge in [0.05, 0.1) is 10.0 Å². The van der Waals surface area contributed by atoms with Crippen LogP contribution in [-0.2, 0) is 11.3 Å². The van der Waals surface area contributed by atoms with Gasteiger partial charge in [-0.2, -0.15) is 0 Å². The SMILES string of the molecule is O=C1C=C(NCc2ccc(Cl)c(Cl)c2)C[C@H](c2ccc(Cl)cc2)C1. The molecule has 1 atom stereocenters. The van der Waals surface area contributed by atoms with Crippen LogP contribution < -0.4 is 5.32 Å². The molecule has 0 fully saturated rings. The lowest BCUT2D eigenvalue weighted by Crippen LogP contribution is -2.21. The number of halogens is 3. The maximum atomic E-state index is 12.1. The first-order valence-electron chi connectivity index (χ1n) is 7.68. The second-order valence-corrected chi connectivity index (χ2v) is 7.15. The van der Waals surface area contributed by atoms with Crippen LogP contribution in [0.2, 0.25) is 15.1 Å². The van der Waals surface area contributed by atoms with E-state index in [1.807, 2.05) is 36.4 Å². The molecule has 24 heavy (non-hydrogen) atoms. The minimum Gasteiger partial charge on any atom is -0.384 e. The lowest BCUT2D eigenvalue weighted by atomic mass is 9.85. The number of benzene rings is 2. The van der Waals surface area contributed by atoms with Gasteiger partial charge in [-0.3, -0.25) is 4.79 Å². The molecular formula is C19H16Cl3NO. The van der Waals surface area contributed by atoms with E-state index in [-0.39, 0.29) is 11.7 Å². The lowest BCUT2D eigenvalue weighted by Gasteiger charge is -2.23. The van der Waals surface area contributed by atoms with E-state index in [2.05, 4.69) is 5.32 Å². The molecule has 2 nitrogen and oxygen atoms in total. The molecule has 0 amide bonds. The summed E-state index contributed by atoms with van der Waals surface area (Å²) >= 11 is 17.9. The summed E-state index contributed by atoms with van der Waals surface area (Å²) in [6.07, 6.45) is 3.03. The van der Waals surface area contributed by atoms with Crippen molar-refractivity contribution in [1.82, 2.24) is 5.32 Å². The molecular weight excluding hydrogens is 365 g/mol. The number of ketones is 1. The summed E-state index contributed by atoms with van der Waals surface area (Å²) in [6.45, 7) is 0.601. The summed E-state index contributed by atoms with van der Waals surface area (Å²) in [5, 5.41) is 5.11. The summed E-state index contributed by atoms with van der Waals surface area (Å²) in [6, 6.07) is 13.2. The van der Waals surface area contributed by atoms with Crippen LogP contribution in [-0.4, -0.2) is 5.78 Å². The van der Waals surface area contributed by atoms with Gasteiger partial charge in [0.25, 0.3) is 0 Å². The van der Waals surface area contributed by atoms with E-state index in [1.54, 1.807) is 12.1 Å². The largest absolute Gasteiger partial charge is 0.384 e. The van der Waals surface area contributed by atoms with Crippen molar-refractivity contribution in [1.29, 1.82) is 0 Å². The highest BCUT2D eigenvalue weighted by atomic mass is 35.5. The van der Waals surface area contributed by atoms with Crippen molar-refractivity contribution in [2.24, 2.45) is 0 Å². The van der Waals surface area contributed by atoms with E-state index < -0.39 is 0 Å². The molecule has 124 valence electrons. The molecule has 2 aromatic carbocycles. The minimum atomic E-state index is 0.137. The molecule has 0 aliphatic heterocycles. The van der Waals surface area contributed by atoms with E-state index in [0.717, 1.165) is 23.2 Å². The third-order valence-corrected chi connectivity index (χ3v) is 5.09. The van der Waals surface area contributed by atoms with Crippen LogP contribution in [0.1, 0.15) is 29.9 Å². The van der Waals surface area contributed by atoms with Crippen LogP contribution in [0.4, 0.5) is 0 Å². The Morgan fingerprint density at radius 1 is 0.958 bits per heavy atom. The number of rotatable bonds is 4. The van der Waals surface area contributed by atoms with Crippen molar-refractivity contribution >= 4 is 40.6 Å². The average molecular weight is 381 g/mol. The highest BCUT2D eigenvalue weighted by Crippen LogP contribution is 2.31. The van der Waals surface area contributed by atoms with Gasteiger partial charge in [-0.25, -0.2) is 0 Å². The monoisotopic (exact) mass is 379 g/mol. The molecule has 0 saturated carbocycles. The molecule has 0 bridgehead atoms. The van der Waals surface area contributed by atoms with Gasteiger partial charge in [-0.15, -0.1) is 0 Å². The van der Waals surface area contributed by atoms with Gasteiger partial charge in [0.15, 0.2) is 5.78 Å². The van der Waals surface area contributed by atoms with E-state index in [1.165, 1.54) is 0 Å². The fourth-order valence-corrected chi connectivity index (χ4v) is 3.30. The fourth-order valence-electron chi connectivity index (χ4n) is 2.85. The Labute approximate surface area is 156 Å². The topological polar surface area (TPSA) is 29.1 Å². The lowest BCUT2D eigenvalue weighted by molar-refractivity contribution is -0.115. The third-order valence-electron chi connectivity index (χ3n) is 4.09. The van der Waals surface area contributed by atoms with Crippen LogP contribution in [0.5, 0.6) is 0 Å². The fraction of sp³-hybridized carbons (Fsp3) is 0.211. The molecule has 3 rings (SSSR count). The normalized spacial score (nSPS) is 17.5. The highest BCUT2D eigenvalue weighted by Gasteiger charge is 2.22. The second-order valence-electron chi connectivity index (χ2n) is 5.89. The predicted octanol–water partition coefficient (Wildman–Crippen LogP) is 5.77. The smallest absolute Gasteiger partial charge is 0.158 e. The molecule has 0 heterocycles. The molecule has 2 aromatic rings. The van der Waals surface area contributed by atoms with Crippen molar-refractivity contribution in [3.05, 3.63) is 80.4 Å². The Morgan fingerprint density at radius 2 is 1.71 bits per heavy atom. The molecule has 1 aliphatic carbocycles. The first-order valence-corrected chi connectivity index (χ1v) is 8.81. The number of allylic oxidation sites excluding steroid dienone is 2. The average Bonchev–Trinajstić information content (AvgIpc) is 2.56. The van der Waals surface area contributed by atoms with Gasteiger partial charge in [-0.05, 0) is 47.7 Å². The van der Waals surface area contributed by atoms with Crippen molar-refractivity contribution in [3.63, 3.8) is 0 Å². The number of carbonyl (C=O) groups is 1. The Balaban J connectivity index is 1.68. The third kappa shape index (κ3) is 4.32. The van der Waals surface area contributed by atoms with Gasteiger partial charge in [0, 0.05) is 29.8 Å². The van der Waals surface area contributed by atoms with Crippen LogP contribution in [0.3, 0.4) is 0 Å². The van der Waals surface area contributed by atoms with Crippen LogP contribution in [0.15, 0.2) is 54.2 Å². The van der Waals surface area contributed by atoms with Crippen molar-refractivity contribution in [2.45, 2.75) is 25.3 Å². The molecule has 1 aliphatic rings. The van der Waals surface area contributed by atoms with Gasteiger partial charge < -0.3 is 5.32 Å². The zero-order valence-corrected chi connectivity index (χ0v) is 15.1. The Bertz CT molecular complexity index is 784. The van der Waals surface area contributed by atoms with Crippen molar-refractivity contribution < 1.29 is 4.79 Å². The Morgan fingerprint density at radius 3 is 2.42 bits per heavy atom. The zero-order valence-electron chi connectivity index (χ0n) is 12.9. The Hall–Kier alpha value is -1.48. The van der Waals surface area contributed by atoms with Crippen LogP contribution >= 0.6 is 34.8 Å².